The standard InChI is InChI=1S/C17H17ClN2O3/c1-3-22-17(21)15-13(8-18)23-16(20)12(9-19)14(15)11-6-4-10(2)5-7-11/h4-7,14H,3,8,20H2,1-2H3. The van der Waals surface area contributed by atoms with Gasteiger partial charge in [0.1, 0.15) is 17.4 Å². The zero-order valence-electron chi connectivity index (χ0n) is 12.9. The fraction of sp³-hybridized carbons (Fsp3) is 0.294. The second-order valence-electron chi connectivity index (χ2n) is 5.03. The fourth-order valence-electron chi connectivity index (χ4n) is 2.44. The number of hydrogen-bond acceptors (Lipinski definition) is 5. The van der Waals surface area contributed by atoms with E-state index in [1.54, 1.807) is 6.92 Å². The molecule has 1 atom stereocenters. The Hall–Kier alpha value is -2.45. The maximum Gasteiger partial charge on any atom is 0.338 e. The largest absolute Gasteiger partial charge is 0.463 e. The lowest BCUT2D eigenvalue weighted by atomic mass is 9.83. The van der Waals surface area contributed by atoms with Crippen molar-refractivity contribution in [3.05, 3.63) is 58.2 Å². The van der Waals surface area contributed by atoms with Gasteiger partial charge in [-0.15, -0.1) is 11.6 Å². The van der Waals surface area contributed by atoms with Gasteiger partial charge in [-0.2, -0.15) is 5.26 Å². The van der Waals surface area contributed by atoms with Crippen LogP contribution in [0.3, 0.4) is 0 Å². The number of hydrogen-bond donors (Lipinski definition) is 1. The minimum absolute atomic E-state index is 0.0400. The number of rotatable bonds is 4. The van der Waals surface area contributed by atoms with Gasteiger partial charge in [0.15, 0.2) is 0 Å². The highest BCUT2D eigenvalue weighted by Gasteiger charge is 2.37. The highest BCUT2D eigenvalue weighted by atomic mass is 35.5. The third-order valence-electron chi connectivity index (χ3n) is 3.52. The summed E-state index contributed by atoms with van der Waals surface area (Å²) < 4.78 is 10.5. The van der Waals surface area contributed by atoms with Gasteiger partial charge in [-0.05, 0) is 19.4 Å². The molecule has 0 aliphatic carbocycles. The van der Waals surface area contributed by atoms with Gasteiger partial charge in [0.25, 0.3) is 0 Å². The van der Waals surface area contributed by atoms with E-state index in [2.05, 4.69) is 0 Å². The van der Waals surface area contributed by atoms with Crippen LogP contribution in [-0.2, 0) is 14.3 Å². The molecule has 1 aliphatic rings. The van der Waals surface area contributed by atoms with E-state index >= 15 is 0 Å². The molecule has 0 saturated carbocycles. The molecule has 1 unspecified atom stereocenters. The van der Waals surface area contributed by atoms with Crippen molar-refractivity contribution in [2.24, 2.45) is 5.73 Å². The van der Waals surface area contributed by atoms with Crippen molar-refractivity contribution in [3.8, 4) is 6.07 Å². The molecule has 6 heteroatoms. The summed E-state index contributed by atoms with van der Waals surface area (Å²) in [5.41, 5.74) is 8.05. The number of ether oxygens (including phenoxy) is 2. The Morgan fingerprint density at radius 2 is 2.09 bits per heavy atom. The molecule has 0 amide bonds. The summed E-state index contributed by atoms with van der Waals surface area (Å²) in [7, 11) is 0. The van der Waals surface area contributed by atoms with E-state index < -0.39 is 11.9 Å². The van der Waals surface area contributed by atoms with Gasteiger partial charge in [0.2, 0.25) is 5.88 Å². The van der Waals surface area contributed by atoms with Crippen molar-refractivity contribution in [3.63, 3.8) is 0 Å². The zero-order valence-corrected chi connectivity index (χ0v) is 13.7. The maximum atomic E-state index is 12.4. The lowest BCUT2D eigenvalue weighted by Gasteiger charge is -2.27. The lowest BCUT2D eigenvalue weighted by molar-refractivity contribution is -0.139. The number of alkyl halides is 1. The summed E-state index contributed by atoms with van der Waals surface area (Å²) in [6.07, 6.45) is 0. The van der Waals surface area contributed by atoms with Crippen molar-refractivity contribution in [1.82, 2.24) is 0 Å². The van der Waals surface area contributed by atoms with Crippen LogP contribution in [0, 0.1) is 18.3 Å². The van der Waals surface area contributed by atoms with E-state index in [0.29, 0.717) is 0 Å². The summed E-state index contributed by atoms with van der Waals surface area (Å²) in [5, 5.41) is 9.46. The van der Waals surface area contributed by atoms with E-state index in [9.17, 15) is 10.1 Å². The van der Waals surface area contributed by atoms with Crippen molar-refractivity contribution in [2.75, 3.05) is 12.5 Å². The van der Waals surface area contributed by atoms with Crippen LogP contribution in [0.15, 0.2) is 47.1 Å². The quantitative estimate of drug-likeness (QED) is 0.677. The number of nitriles is 1. The fourth-order valence-corrected chi connectivity index (χ4v) is 2.64. The lowest BCUT2D eigenvalue weighted by Crippen LogP contribution is -2.26. The summed E-state index contributed by atoms with van der Waals surface area (Å²) in [5.74, 6) is -1.08. The molecule has 5 nitrogen and oxygen atoms in total. The predicted octanol–water partition coefficient (Wildman–Crippen LogP) is 2.86. The number of halogens is 1. The number of allylic oxidation sites excluding steroid dienone is 2. The molecule has 1 aromatic carbocycles. The second kappa shape index (κ2) is 7.21. The average molecular weight is 333 g/mol. The van der Waals surface area contributed by atoms with E-state index in [0.717, 1.165) is 11.1 Å². The van der Waals surface area contributed by atoms with E-state index in [-0.39, 0.29) is 35.3 Å². The molecule has 23 heavy (non-hydrogen) atoms. The van der Waals surface area contributed by atoms with Gasteiger partial charge in [-0.1, -0.05) is 29.8 Å². The monoisotopic (exact) mass is 332 g/mol. The van der Waals surface area contributed by atoms with Crippen LogP contribution in [0.2, 0.25) is 0 Å². The smallest absolute Gasteiger partial charge is 0.338 e. The topological polar surface area (TPSA) is 85.3 Å². The van der Waals surface area contributed by atoms with Gasteiger partial charge in [0.05, 0.1) is 24.0 Å². The summed E-state index contributed by atoms with van der Waals surface area (Å²) in [6.45, 7) is 3.87. The molecule has 120 valence electrons. The minimum Gasteiger partial charge on any atom is -0.463 e. The molecule has 0 radical (unpaired) electrons. The van der Waals surface area contributed by atoms with E-state index in [1.165, 1.54) is 0 Å². The van der Waals surface area contributed by atoms with E-state index in [4.69, 9.17) is 26.8 Å². The van der Waals surface area contributed by atoms with Gasteiger partial charge in [-0.25, -0.2) is 4.79 Å². The first-order chi connectivity index (χ1) is 11.0. The SMILES string of the molecule is CCOC(=O)C1=C(CCl)OC(N)=C(C#N)C1c1ccc(C)cc1. The van der Waals surface area contributed by atoms with Crippen molar-refractivity contribution >= 4 is 17.6 Å². The number of carbonyl (C=O) groups excluding carboxylic acids is 1. The Morgan fingerprint density at radius 3 is 2.61 bits per heavy atom. The van der Waals surface area contributed by atoms with Crippen molar-refractivity contribution < 1.29 is 14.3 Å². The Balaban J connectivity index is 2.63. The molecule has 2 rings (SSSR count). The zero-order chi connectivity index (χ0) is 17.0. The molecule has 0 spiro atoms. The van der Waals surface area contributed by atoms with Crippen LogP contribution in [0.4, 0.5) is 0 Å². The Morgan fingerprint density at radius 1 is 1.43 bits per heavy atom. The highest BCUT2D eigenvalue weighted by Crippen LogP contribution is 2.39. The molecular formula is C17H17ClN2O3. The molecule has 1 heterocycles. The van der Waals surface area contributed by atoms with Crippen molar-refractivity contribution in [2.45, 2.75) is 19.8 Å². The molecule has 0 aromatic heterocycles. The first-order valence-electron chi connectivity index (χ1n) is 7.13. The Labute approximate surface area is 139 Å². The van der Waals surface area contributed by atoms with E-state index in [1.807, 2.05) is 37.3 Å². The summed E-state index contributed by atoms with van der Waals surface area (Å²) in [6, 6.07) is 9.53. The Kier molecular flexibility index (Phi) is 5.30. The van der Waals surface area contributed by atoms with Gasteiger partial charge in [0, 0.05) is 0 Å². The number of nitrogens with two attached hydrogens (primary N) is 1. The van der Waals surface area contributed by atoms with Crippen LogP contribution in [0.1, 0.15) is 24.0 Å². The molecular weight excluding hydrogens is 316 g/mol. The van der Waals surface area contributed by atoms with Crippen LogP contribution in [0.5, 0.6) is 0 Å². The molecule has 0 saturated heterocycles. The molecule has 1 aromatic rings. The van der Waals surface area contributed by atoms with Crippen LogP contribution in [0.25, 0.3) is 0 Å². The molecule has 1 aliphatic heterocycles. The summed E-state index contributed by atoms with van der Waals surface area (Å²) >= 11 is 5.90. The third-order valence-corrected chi connectivity index (χ3v) is 3.77. The number of benzene rings is 1. The molecule has 0 fully saturated rings. The highest BCUT2D eigenvalue weighted by molar-refractivity contribution is 6.19. The first kappa shape index (κ1) is 16.9. The normalized spacial score (nSPS) is 17.6. The number of carbonyl (C=O) groups is 1. The van der Waals surface area contributed by atoms with Crippen molar-refractivity contribution in [1.29, 1.82) is 5.26 Å². The number of aryl methyl sites for hydroxylation is 1. The Bertz CT molecular complexity index is 714. The number of nitrogens with zero attached hydrogens (tertiary/aromatic N) is 1. The summed E-state index contributed by atoms with van der Waals surface area (Å²) in [4.78, 5) is 12.4. The van der Waals surface area contributed by atoms with Crippen LogP contribution in [-0.4, -0.2) is 18.5 Å². The second-order valence-corrected chi connectivity index (χ2v) is 5.29. The third kappa shape index (κ3) is 3.33. The average Bonchev–Trinajstić information content (AvgIpc) is 2.54. The maximum absolute atomic E-state index is 12.4. The van der Waals surface area contributed by atoms with Crippen LogP contribution < -0.4 is 5.73 Å². The predicted molar refractivity (Wildman–Crippen MR) is 86.2 cm³/mol. The van der Waals surface area contributed by atoms with Crippen LogP contribution >= 0.6 is 11.6 Å². The number of esters is 1. The first-order valence-corrected chi connectivity index (χ1v) is 7.67. The van der Waals surface area contributed by atoms with Gasteiger partial charge in [-0.3, -0.25) is 0 Å². The van der Waals surface area contributed by atoms with Gasteiger partial charge >= 0.3 is 5.97 Å². The minimum atomic E-state index is -0.651. The van der Waals surface area contributed by atoms with Gasteiger partial charge < -0.3 is 15.2 Å². The molecule has 2 N–H and O–H groups in total. The molecule has 0 bridgehead atoms.